The van der Waals surface area contributed by atoms with Crippen LogP contribution in [0.3, 0.4) is 0 Å². The second-order valence-electron chi connectivity index (χ2n) is 5.40. The van der Waals surface area contributed by atoms with Crippen LogP contribution in [0.4, 0.5) is 4.39 Å². The number of benzene rings is 1. The maximum atomic E-state index is 14.0. The molecule has 0 spiro atoms. The average Bonchev–Trinajstić information content (AvgIpc) is 2.41. The van der Waals surface area contributed by atoms with Crippen molar-refractivity contribution in [2.75, 3.05) is 20.8 Å². The molecule has 0 saturated heterocycles. The second kappa shape index (κ2) is 6.55. The van der Waals surface area contributed by atoms with E-state index in [0.29, 0.717) is 0 Å². The molecule has 1 fully saturated rings. The predicted octanol–water partition coefficient (Wildman–Crippen LogP) is 3.44. The van der Waals surface area contributed by atoms with Gasteiger partial charge in [0.1, 0.15) is 0 Å². The highest BCUT2D eigenvalue weighted by atomic mass is 19.1. The Bertz CT molecular complexity index is 441. The van der Waals surface area contributed by atoms with Gasteiger partial charge in [0.2, 0.25) is 0 Å². The van der Waals surface area contributed by atoms with E-state index in [2.05, 4.69) is 12.2 Å². The smallest absolute Gasteiger partial charge is 0.165 e. The van der Waals surface area contributed by atoms with Crippen LogP contribution < -0.4 is 10.1 Å². The van der Waals surface area contributed by atoms with Gasteiger partial charge in [0, 0.05) is 7.11 Å². The van der Waals surface area contributed by atoms with E-state index in [-0.39, 0.29) is 23.2 Å². The maximum absolute atomic E-state index is 14.0. The number of methoxy groups -OCH3 is 2. The van der Waals surface area contributed by atoms with Gasteiger partial charge < -0.3 is 14.8 Å². The van der Waals surface area contributed by atoms with E-state index in [1.807, 2.05) is 6.07 Å². The molecule has 2 rings (SSSR count). The van der Waals surface area contributed by atoms with Crippen molar-refractivity contribution in [3.63, 3.8) is 0 Å². The molecule has 1 saturated carbocycles. The number of halogens is 1. The number of hydrogen-bond donors (Lipinski definition) is 1. The van der Waals surface area contributed by atoms with E-state index in [9.17, 15) is 4.39 Å². The van der Waals surface area contributed by atoms with Crippen LogP contribution >= 0.6 is 0 Å². The fraction of sp³-hybridized carbons (Fsp3) is 0.625. The minimum Gasteiger partial charge on any atom is -0.494 e. The normalized spacial score (nSPS) is 18.4. The molecule has 0 bridgehead atoms. The van der Waals surface area contributed by atoms with Crippen LogP contribution in [0.2, 0.25) is 0 Å². The molecule has 1 unspecified atom stereocenters. The first-order valence-electron chi connectivity index (χ1n) is 7.29. The van der Waals surface area contributed by atoms with Crippen molar-refractivity contribution in [3.05, 3.63) is 29.6 Å². The Morgan fingerprint density at radius 2 is 2.10 bits per heavy atom. The molecule has 1 N–H and O–H groups in total. The van der Waals surface area contributed by atoms with E-state index in [4.69, 9.17) is 9.47 Å². The Kier molecular flexibility index (Phi) is 5.00. The van der Waals surface area contributed by atoms with Crippen LogP contribution in [0.15, 0.2) is 18.2 Å². The monoisotopic (exact) mass is 281 g/mol. The third-order valence-electron chi connectivity index (χ3n) is 4.24. The van der Waals surface area contributed by atoms with Crippen LogP contribution in [-0.2, 0) is 4.74 Å². The second-order valence-corrected chi connectivity index (χ2v) is 5.40. The highest BCUT2D eigenvalue weighted by Gasteiger charge is 2.45. The van der Waals surface area contributed by atoms with E-state index < -0.39 is 0 Å². The lowest BCUT2D eigenvalue weighted by Gasteiger charge is -2.47. The molecule has 4 heteroatoms. The minimum atomic E-state index is -0.320. The first-order chi connectivity index (χ1) is 9.66. The quantitative estimate of drug-likeness (QED) is 0.830. The van der Waals surface area contributed by atoms with E-state index in [1.165, 1.54) is 7.11 Å². The standard InChI is InChI=1S/C16H24FNO2/c1-4-10-18-15(16(20-3)8-5-9-16)12-6-7-14(19-2)13(17)11-12/h6-7,11,15,18H,4-5,8-10H2,1-3H3. The van der Waals surface area contributed by atoms with Crippen LogP contribution in [0.5, 0.6) is 5.75 Å². The number of nitrogens with one attached hydrogen (secondary N) is 1. The first-order valence-corrected chi connectivity index (χ1v) is 7.29. The SMILES string of the molecule is CCCNC(c1ccc(OC)c(F)c1)C1(OC)CCC1. The molecule has 0 aromatic heterocycles. The van der Waals surface area contributed by atoms with Crippen LogP contribution in [0.1, 0.15) is 44.2 Å². The van der Waals surface area contributed by atoms with Gasteiger partial charge in [-0.2, -0.15) is 0 Å². The Morgan fingerprint density at radius 1 is 1.35 bits per heavy atom. The summed E-state index contributed by atoms with van der Waals surface area (Å²) in [5.74, 6) is -0.0399. The summed E-state index contributed by atoms with van der Waals surface area (Å²) in [5.41, 5.74) is 0.731. The zero-order chi connectivity index (χ0) is 14.6. The van der Waals surface area contributed by atoms with Crippen LogP contribution in [0, 0.1) is 5.82 Å². The number of rotatable bonds is 7. The van der Waals surface area contributed by atoms with Gasteiger partial charge in [0.05, 0.1) is 18.8 Å². The van der Waals surface area contributed by atoms with Gasteiger partial charge in [0.25, 0.3) is 0 Å². The molecule has 1 aliphatic rings. The lowest BCUT2D eigenvalue weighted by atomic mass is 9.72. The molecule has 0 amide bonds. The van der Waals surface area contributed by atoms with Crippen molar-refractivity contribution < 1.29 is 13.9 Å². The van der Waals surface area contributed by atoms with E-state index >= 15 is 0 Å². The number of hydrogen-bond acceptors (Lipinski definition) is 3. The third kappa shape index (κ3) is 2.81. The van der Waals surface area contributed by atoms with Crippen molar-refractivity contribution in [2.24, 2.45) is 0 Å². The molecule has 3 nitrogen and oxygen atoms in total. The summed E-state index contributed by atoms with van der Waals surface area (Å²) in [6, 6.07) is 5.20. The van der Waals surface area contributed by atoms with Crippen molar-refractivity contribution in [3.8, 4) is 5.75 Å². The van der Waals surface area contributed by atoms with Gasteiger partial charge in [-0.25, -0.2) is 4.39 Å². The molecular weight excluding hydrogens is 257 g/mol. The predicted molar refractivity (Wildman–Crippen MR) is 77.6 cm³/mol. The highest BCUT2D eigenvalue weighted by Crippen LogP contribution is 2.45. The van der Waals surface area contributed by atoms with Gasteiger partial charge in [0.15, 0.2) is 11.6 Å². The van der Waals surface area contributed by atoms with Crippen molar-refractivity contribution in [2.45, 2.75) is 44.2 Å². The molecule has 1 atom stereocenters. The minimum absolute atomic E-state index is 0.0293. The van der Waals surface area contributed by atoms with Crippen molar-refractivity contribution in [1.29, 1.82) is 0 Å². The summed E-state index contributed by atoms with van der Waals surface area (Å²) in [7, 11) is 3.23. The Labute approximate surface area is 120 Å². The Morgan fingerprint density at radius 3 is 2.55 bits per heavy atom. The third-order valence-corrected chi connectivity index (χ3v) is 4.24. The van der Waals surface area contributed by atoms with Gasteiger partial charge in [-0.3, -0.25) is 0 Å². The summed E-state index contributed by atoms with van der Waals surface area (Å²) in [5, 5.41) is 3.51. The fourth-order valence-electron chi connectivity index (χ4n) is 2.89. The topological polar surface area (TPSA) is 30.5 Å². The van der Waals surface area contributed by atoms with Gasteiger partial charge in [-0.1, -0.05) is 13.0 Å². The lowest BCUT2D eigenvalue weighted by Crippen LogP contribution is -2.50. The summed E-state index contributed by atoms with van der Waals surface area (Å²) >= 11 is 0. The van der Waals surface area contributed by atoms with Crippen molar-refractivity contribution in [1.82, 2.24) is 5.32 Å². The Hall–Kier alpha value is -1.13. The molecule has 1 aromatic carbocycles. The van der Waals surface area contributed by atoms with Gasteiger partial charge >= 0.3 is 0 Å². The zero-order valence-corrected chi connectivity index (χ0v) is 12.5. The molecule has 20 heavy (non-hydrogen) atoms. The molecule has 112 valence electrons. The van der Waals surface area contributed by atoms with E-state index in [0.717, 1.165) is 37.8 Å². The molecule has 0 heterocycles. The summed E-state index contributed by atoms with van der Waals surface area (Å²) in [6.45, 7) is 3.02. The summed E-state index contributed by atoms with van der Waals surface area (Å²) in [6.07, 6.45) is 4.22. The zero-order valence-electron chi connectivity index (χ0n) is 12.5. The maximum Gasteiger partial charge on any atom is 0.165 e. The molecule has 1 aromatic rings. The molecule has 1 aliphatic carbocycles. The largest absolute Gasteiger partial charge is 0.494 e. The molecule has 0 aliphatic heterocycles. The summed E-state index contributed by atoms with van der Waals surface area (Å²) < 4.78 is 24.7. The molecular formula is C16H24FNO2. The van der Waals surface area contributed by atoms with Crippen molar-refractivity contribution >= 4 is 0 Å². The molecule has 0 radical (unpaired) electrons. The van der Waals surface area contributed by atoms with Gasteiger partial charge in [-0.15, -0.1) is 0 Å². The number of ether oxygens (including phenoxy) is 2. The fourth-order valence-corrected chi connectivity index (χ4v) is 2.89. The van der Waals surface area contributed by atoms with Gasteiger partial charge in [-0.05, 0) is 49.9 Å². The van der Waals surface area contributed by atoms with Crippen LogP contribution in [0.25, 0.3) is 0 Å². The summed E-state index contributed by atoms with van der Waals surface area (Å²) in [4.78, 5) is 0. The van der Waals surface area contributed by atoms with E-state index in [1.54, 1.807) is 19.2 Å². The highest BCUT2D eigenvalue weighted by molar-refractivity contribution is 5.33. The van der Waals surface area contributed by atoms with Crippen LogP contribution in [-0.4, -0.2) is 26.4 Å². The Balaban J connectivity index is 2.28. The first kappa shape index (κ1) is 15.3. The average molecular weight is 281 g/mol. The lowest BCUT2D eigenvalue weighted by molar-refractivity contribution is -0.0998.